The molecule has 8 nitrogen and oxygen atoms in total. The largest absolute Gasteiger partial charge is 0.479 e. The number of carboxylic acid groups (broad SMARTS) is 2. The number of aryl methyl sites for hydroxylation is 2. The fourth-order valence-corrected chi connectivity index (χ4v) is 5.26. The van der Waals surface area contributed by atoms with Crippen LogP contribution in [0.15, 0.2) is 84.9 Å². The van der Waals surface area contributed by atoms with Crippen LogP contribution in [0.4, 0.5) is 0 Å². The van der Waals surface area contributed by atoms with E-state index in [-0.39, 0.29) is 6.61 Å². The Hall–Kier alpha value is -4.27. The summed E-state index contributed by atoms with van der Waals surface area (Å²) in [5.41, 5.74) is 2.50. The van der Waals surface area contributed by atoms with Crippen LogP contribution in [0.5, 0.6) is 0 Å². The second-order valence-corrected chi connectivity index (χ2v) is 11.0. The Kier molecular flexibility index (Phi) is 12.7. The van der Waals surface area contributed by atoms with Crippen LogP contribution in [0.2, 0.25) is 0 Å². The lowest BCUT2D eigenvalue weighted by atomic mass is 10.0. The van der Waals surface area contributed by atoms with Gasteiger partial charge in [0.2, 0.25) is 5.91 Å². The molecule has 4 aromatic rings. The minimum Gasteiger partial charge on any atom is -0.479 e. The summed E-state index contributed by atoms with van der Waals surface area (Å²) in [6.45, 7) is -0.0596. The van der Waals surface area contributed by atoms with Crippen molar-refractivity contribution in [2.45, 2.75) is 63.6 Å². The van der Waals surface area contributed by atoms with Crippen LogP contribution in [-0.4, -0.2) is 60.0 Å². The minimum atomic E-state index is -1.79. The minimum absolute atomic E-state index is 0.0766. The SMILES string of the molecule is O=C(CO[C@@H](C(=O)O)[C@@H](OCCCCCc1ccc2ccccc2c1)C(=O)O)NCCCCCc1ccc2ccccc2c1. The molecular formula is C36H41NO7. The van der Waals surface area contributed by atoms with Crippen LogP contribution in [0, 0.1) is 0 Å². The third kappa shape index (κ3) is 10.2. The second-order valence-electron chi connectivity index (χ2n) is 11.0. The third-order valence-corrected chi connectivity index (χ3v) is 7.66. The van der Waals surface area contributed by atoms with E-state index in [1.54, 1.807) is 0 Å². The molecule has 3 N–H and O–H groups in total. The van der Waals surface area contributed by atoms with Gasteiger partial charge in [0, 0.05) is 13.2 Å². The highest BCUT2D eigenvalue weighted by molar-refractivity contribution is 5.85. The highest BCUT2D eigenvalue weighted by Crippen LogP contribution is 2.19. The number of unbranched alkanes of at least 4 members (excludes halogenated alkanes) is 4. The van der Waals surface area contributed by atoms with E-state index in [0.29, 0.717) is 13.0 Å². The van der Waals surface area contributed by atoms with Crippen molar-refractivity contribution in [1.82, 2.24) is 5.32 Å². The molecule has 0 saturated carbocycles. The van der Waals surface area contributed by atoms with Crippen LogP contribution in [0.25, 0.3) is 21.5 Å². The highest BCUT2D eigenvalue weighted by atomic mass is 16.6. The lowest BCUT2D eigenvalue weighted by Crippen LogP contribution is -2.45. The molecule has 232 valence electrons. The van der Waals surface area contributed by atoms with E-state index >= 15 is 0 Å². The standard InChI is InChI=1S/C36H41NO7/c38-32(37-21-9-1-3-11-26-17-19-28-13-5-7-15-30(28)23-26)25-44-34(36(41)42)33(35(39)40)43-22-10-2-4-12-27-18-20-29-14-6-8-16-31(29)24-27/h5-8,13-20,23-24,33-34H,1-4,9-12,21-22,25H2,(H,37,38)(H,39,40)(H,41,42)/t33-,34-/m1/s1. The topological polar surface area (TPSA) is 122 Å². The first-order valence-electron chi connectivity index (χ1n) is 15.3. The molecule has 0 aromatic heterocycles. The third-order valence-electron chi connectivity index (χ3n) is 7.66. The zero-order valence-electron chi connectivity index (χ0n) is 25.0. The van der Waals surface area contributed by atoms with Crippen LogP contribution in [-0.2, 0) is 36.7 Å². The Balaban J connectivity index is 1.10. The number of carbonyl (C=O) groups excluding carboxylic acids is 1. The van der Waals surface area contributed by atoms with Crippen LogP contribution in [0.1, 0.15) is 49.7 Å². The summed E-state index contributed by atoms with van der Waals surface area (Å²) >= 11 is 0. The summed E-state index contributed by atoms with van der Waals surface area (Å²) in [4.78, 5) is 35.8. The van der Waals surface area contributed by atoms with Gasteiger partial charge in [-0.15, -0.1) is 0 Å². The van der Waals surface area contributed by atoms with E-state index in [2.05, 4.69) is 66.0 Å². The zero-order valence-corrected chi connectivity index (χ0v) is 25.0. The zero-order chi connectivity index (χ0) is 31.1. The van der Waals surface area contributed by atoms with Crippen molar-refractivity contribution < 1.29 is 34.1 Å². The maximum atomic E-state index is 12.2. The highest BCUT2D eigenvalue weighted by Gasteiger charge is 2.36. The molecule has 44 heavy (non-hydrogen) atoms. The molecule has 0 aliphatic rings. The van der Waals surface area contributed by atoms with Gasteiger partial charge >= 0.3 is 11.9 Å². The molecule has 0 aliphatic heterocycles. The molecule has 0 fully saturated rings. The number of benzene rings is 4. The predicted molar refractivity (Wildman–Crippen MR) is 171 cm³/mol. The van der Waals surface area contributed by atoms with Crippen molar-refractivity contribution in [3.63, 3.8) is 0 Å². The lowest BCUT2D eigenvalue weighted by Gasteiger charge is -2.21. The van der Waals surface area contributed by atoms with Gasteiger partial charge in [-0.05, 0) is 71.2 Å². The first-order chi connectivity index (χ1) is 21.4. The van der Waals surface area contributed by atoms with Crippen molar-refractivity contribution in [3.05, 3.63) is 96.1 Å². The summed E-state index contributed by atoms with van der Waals surface area (Å²) in [5, 5.41) is 26.7. The van der Waals surface area contributed by atoms with Crippen LogP contribution >= 0.6 is 0 Å². The summed E-state index contributed by atoms with van der Waals surface area (Å²) in [5.74, 6) is -3.43. The Morgan fingerprint density at radius 3 is 1.64 bits per heavy atom. The van der Waals surface area contributed by atoms with Gasteiger partial charge in [0.1, 0.15) is 6.61 Å². The van der Waals surface area contributed by atoms with E-state index in [9.17, 15) is 24.6 Å². The van der Waals surface area contributed by atoms with E-state index in [1.165, 1.54) is 32.7 Å². The molecule has 0 heterocycles. The Morgan fingerprint density at radius 1 is 0.591 bits per heavy atom. The number of aliphatic carboxylic acids is 2. The normalized spacial score (nSPS) is 12.6. The number of fused-ring (bicyclic) bond motifs is 2. The van der Waals surface area contributed by atoms with E-state index in [4.69, 9.17) is 9.47 Å². The van der Waals surface area contributed by atoms with Gasteiger partial charge in [-0.1, -0.05) is 97.8 Å². The molecule has 4 rings (SSSR count). The molecule has 8 heteroatoms. The number of hydrogen-bond acceptors (Lipinski definition) is 5. The molecule has 0 saturated heterocycles. The van der Waals surface area contributed by atoms with Crippen molar-refractivity contribution >= 4 is 39.4 Å². The fraction of sp³-hybridized carbons (Fsp3) is 0.361. The van der Waals surface area contributed by atoms with Crippen LogP contribution < -0.4 is 5.32 Å². The van der Waals surface area contributed by atoms with Gasteiger partial charge in [-0.3, -0.25) is 4.79 Å². The second kappa shape index (κ2) is 17.1. The summed E-state index contributed by atoms with van der Waals surface area (Å²) < 4.78 is 10.6. The number of rotatable bonds is 19. The number of nitrogens with one attached hydrogen (secondary N) is 1. The van der Waals surface area contributed by atoms with E-state index in [1.807, 2.05) is 24.3 Å². The van der Waals surface area contributed by atoms with Crippen LogP contribution in [0.3, 0.4) is 0 Å². The van der Waals surface area contributed by atoms with Crippen molar-refractivity contribution in [2.24, 2.45) is 0 Å². The summed E-state index contributed by atoms with van der Waals surface area (Å²) in [6, 6.07) is 29.3. The number of carbonyl (C=O) groups is 3. The predicted octanol–water partition coefficient (Wildman–Crippen LogP) is 6.17. The number of carboxylic acids is 2. The lowest BCUT2D eigenvalue weighted by molar-refractivity contribution is -0.177. The molecule has 0 unspecified atom stereocenters. The maximum Gasteiger partial charge on any atom is 0.336 e. The molecule has 1 amide bonds. The van der Waals surface area contributed by atoms with Gasteiger partial charge in [-0.25, -0.2) is 9.59 Å². The first kappa shape index (κ1) is 32.6. The average molecular weight is 600 g/mol. The molecular weight excluding hydrogens is 558 g/mol. The van der Waals surface area contributed by atoms with Gasteiger partial charge in [0.05, 0.1) is 0 Å². The van der Waals surface area contributed by atoms with Gasteiger partial charge < -0.3 is 25.0 Å². The summed E-state index contributed by atoms with van der Waals surface area (Å²) in [6.07, 6.45) is 3.25. The number of hydrogen-bond donors (Lipinski definition) is 3. The van der Waals surface area contributed by atoms with Gasteiger partial charge in [0.25, 0.3) is 0 Å². The molecule has 0 radical (unpaired) electrons. The average Bonchev–Trinajstić information content (AvgIpc) is 3.02. The Morgan fingerprint density at radius 2 is 1.09 bits per heavy atom. The van der Waals surface area contributed by atoms with Crippen molar-refractivity contribution in [3.8, 4) is 0 Å². The Labute approximate surface area is 258 Å². The van der Waals surface area contributed by atoms with Crippen molar-refractivity contribution in [2.75, 3.05) is 19.8 Å². The van der Waals surface area contributed by atoms with Crippen molar-refractivity contribution in [1.29, 1.82) is 0 Å². The quantitative estimate of drug-likeness (QED) is 0.110. The van der Waals surface area contributed by atoms with Gasteiger partial charge in [0.15, 0.2) is 12.2 Å². The maximum absolute atomic E-state index is 12.2. The van der Waals surface area contributed by atoms with E-state index < -0.39 is 36.7 Å². The van der Waals surface area contributed by atoms with Gasteiger partial charge in [-0.2, -0.15) is 0 Å². The summed E-state index contributed by atoms with van der Waals surface area (Å²) in [7, 11) is 0. The Bertz CT molecular complexity index is 1540. The molecule has 4 aromatic carbocycles. The van der Waals surface area contributed by atoms with E-state index in [0.717, 1.165) is 44.9 Å². The molecule has 2 atom stereocenters. The molecule has 0 spiro atoms. The molecule has 0 aliphatic carbocycles. The number of ether oxygens (including phenoxy) is 2. The monoisotopic (exact) mass is 599 g/mol. The first-order valence-corrected chi connectivity index (χ1v) is 15.3. The smallest absolute Gasteiger partial charge is 0.336 e. The fourth-order valence-electron chi connectivity index (χ4n) is 5.26. The number of amides is 1. The molecule has 0 bridgehead atoms.